The molecule has 0 spiro atoms. The van der Waals surface area contributed by atoms with Gasteiger partial charge in [-0.2, -0.15) is 0 Å². The molecular formula is C24H26N4O3S. The molecule has 8 heteroatoms. The maximum Gasteiger partial charge on any atom is 0.234 e. The number of amides is 1. The Morgan fingerprint density at radius 3 is 2.41 bits per heavy atom. The molecule has 0 fully saturated rings. The zero-order valence-corrected chi connectivity index (χ0v) is 19.1. The molecule has 0 aliphatic heterocycles. The van der Waals surface area contributed by atoms with Gasteiger partial charge in [-0.3, -0.25) is 9.36 Å². The highest BCUT2D eigenvalue weighted by atomic mass is 32.2. The summed E-state index contributed by atoms with van der Waals surface area (Å²) in [6.07, 6.45) is 3.25. The molecule has 7 nitrogen and oxygen atoms in total. The molecule has 0 bridgehead atoms. The standard InChI is InChI=1S/C24H26N4O3S/c1-16(2)21(23(29)25-14-18-9-6-12-30-18)32-24-27-26-22(20-11-5-4-8-17(20)3)28(24)15-19-10-7-13-31-19/h4-13,16,21H,14-15H2,1-3H3,(H,25,29). The summed E-state index contributed by atoms with van der Waals surface area (Å²) in [6, 6.07) is 15.5. The second-order valence-electron chi connectivity index (χ2n) is 7.87. The molecule has 0 aliphatic carbocycles. The Morgan fingerprint density at radius 1 is 1.03 bits per heavy atom. The van der Waals surface area contributed by atoms with Crippen molar-refractivity contribution >= 4 is 17.7 Å². The molecule has 0 radical (unpaired) electrons. The van der Waals surface area contributed by atoms with E-state index in [0.29, 0.717) is 24.0 Å². The molecule has 1 amide bonds. The molecule has 1 unspecified atom stereocenters. The Balaban J connectivity index is 1.62. The fourth-order valence-electron chi connectivity index (χ4n) is 3.39. The van der Waals surface area contributed by atoms with Crippen molar-refractivity contribution in [1.29, 1.82) is 0 Å². The molecule has 4 aromatic rings. The van der Waals surface area contributed by atoms with Crippen molar-refractivity contribution in [2.45, 2.75) is 44.3 Å². The summed E-state index contributed by atoms with van der Waals surface area (Å²) in [7, 11) is 0. The van der Waals surface area contributed by atoms with E-state index < -0.39 is 0 Å². The predicted molar refractivity (Wildman–Crippen MR) is 123 cm³/mol. The van der Waals surface area contributed by atoms with Gasteiger partial charge in [-0.15, -0.1) is 10.2 Å². The third-order valence-corrected chi connectivity index (χ3v) is 6.64. The summed E-state index contributed by atoms with van der Waals surface area (Å²) >= 11 is 1.42. The van der Waals surface area contributed by atoms with Crippen LogP contribution in [0.3, 0.4) is 0 Å². The number of nitrogens with zero attached hydrogens (tertiary/aromatic N) is 3. The number of rotatable bonds is 9. The van der Waals surface area contributed by atoms with Crippen molar-refractivity contribution in [3.05, 3.63) is 78.1 Å². The van der Waals surface area contributed by atoms with Gasteiger partial charge in [0.05, 0.1) is 30.9 Å². The lowest BCUT2D eigenvalue weighted by atomic mass is 10.1. The molecule has 1 aromatic carbocycles. The largest absolute Gasteiger partial charge is 0.467 e. The van der Waals surface area contributed by atoms with E-state index in [0.717, 1.165) is 22.7 Å². The zero-order chi connectivity index (χ0) is 22.5. The van der Waals surface area contributed by atoms with E-state index in [4.69, 9.17) is 8.83 Å². The normalized spacial score (nSPS) is 12.2. The van der Waals surface area contributed by atoms with Crippen LogP contribution in [0.4, 0.5) is 0 Å². The van der Waals surface area contributed by atoms with Crippen molar-refractivity contribution < 1.29 is 13.6 Å². The Kier molecular flexibility index (Phi) is 6.80. The lowest BCUT2D eigenvalue weighted by Crippen LogP contribution is -2.35. The zero-order valence-electron chi connectivity index (χ0n) is 18.3. The van der Waals surface area contributed by atoms with Crippen molar-refractivity contribution in [2.75, 3.05) is 0 Å². The van der Waals surface area contributed by atoms with Crippen LogP contribution in [0.2, 0.25) is 0 Å². The first kappa shape index (κ1) is 22.0. The molecule has 0 saturated heterocycles. The first-order valence-electron chi connectivity index (χ1n) is 10.5. The van der Waals surface area contributed by atoms with E-state index in [1.54, 1.807) is 18.6 Å². The number of hydrogen-bond donors (Lipinski definition) is 1. The average Bonchev–Trinajstić information content (AvgIpc) is 3.54. The number of furan rings is 2. The molecule has 1 atom stereocenters. The molecule has 166 valence electrons. The van der Waals surface area contributed by atoms with E-state index >= 15 is 0 Å². The third-order valence-electron chi connectivity index (χ3n) is 5.11. The van der Waals surface area contributed by atoms with Crippen LogP contribution in [0.15, 0.2) is 75.0 Å². The Bertz CT molecular complexity index is 1150. The molecule has 3 aromatic heterocycles. The molecule has 4 rings (SSSR count). The fraction of sp³-hybridized carbons (Fsp3) is 0.292. The lowest BCUT2D eigenvalue weighted by Gasteiger charge is -2.19. The first-order valence-corrected chi connectivity index (χ1v) is 11.4. The summed E-state index contributed by atoms with van der Waals surface area (Å²) in [6.45, 7) is 6.93. The maximum atomic E-state index is 13.0. The quantitative estimate of drug-likeness (QED) is 0.364. The number of carbonyl (C=O) groups excluding carboxylic acids is 1. The van der Waals surface area contributed by atoms with Gasteiger partial charge in [-0.05, 0) is 42.7 Å². The van der Waals surface area contributed by atoms with Gasteiger partial charge in [-0.1, -0.05) is 49.9 Å². The topological polar surface area (TPSA) is 86.1 Å². The number of aryl methyl sites for hydroxylation is 1. The number of aromatic nitrogens is 3. The number of hydrogen-bond acceptors (Lipinski definition) is 6. The molecule has 1 N–H and O–H groups in total. The Morgan fingerprint density at radius 2 is 1.75 bits per heavy atom. The van der Waals surface area contributed by atoms with Gasteiger partial charge in [0.25, 0.3) is 0 Å². The van der Waals surface area contributed by atoms with Gasteiger partial charge >= 0.3 is 0 Å². The maximum absolute atomic E-state index is 13.0. The van der Waals surface area contributed by atoms with E-state index in [1.807, 2.05) is 67.8 Å². The minimum atomic E-state index is -0.339. The minimum absolute atomic E-state index is 0.0635. The number of benzene rings is 1. The minimum Gasteiger partial charge on any atom is -0.467 e. The molecule has 3 heterocycles. The van der Waals surface area contributed by atoms with Gasteiger partial charge in [0.2, 0.25) is 5.91 Å². The van der Waals surface area contributed by atoms with Crippen LogP contribution < -0.4 is 5.32 Å². The fourth-order valence-corrected chi connectivity index (χ4v) is 4.45. The summed E-state index contributed by atoms with van der Waals surface area (Å²) in [5.41, 5.74) is 2.11. The third kappa shape index (κ3) is 4.96. The smallest absolute Gasteiger partial charge is 0.234 e. The average molecular weight is 451 g/mol. The predicted octanol–water partition coefficient (Wildman–Crippen LogP) is 4.92. The van der Waals surface area contributed by atoms with Crippen LogP contribution in [0.1, 0.15) is 30.9 Å². The molecular weight excluding hydrogens is 424 g/mol. The number of nitrogens with one attached hydrogen (secondary N) is 1. The van der Waals surface area contributed by atoms with Crippen LogP contribution in [0, 0.1) is 12.8 Å². The van der Waals surface area contributed by atoms with Crippen molar-refractivity contribution in [3.63, 3.8) is 0 Å². The second-order valence-corrected chi connectivity index (χ2v) is 8.97. The van der Waals surface area contributed by atoms with Crippen LogP contribution in [0.5, 0.6) is 0 Å². The Labute approximate surface area is 191 Å². The van der Waals surface area contributed by atoms with Crippen LogP contribution in [0.25, 0.3) is 11.4 Å². The summed E-state index contributed by atoms with van der Waals surface area (Å²) in [5, 5.41) is 12.3. The van der Waals surface area contributed by atoms with Crippen LogP contribution in [-0.2, 0) is 17.9 Å². The van der Waals surface area contributed by atoms with Gasteiger partial charge in [0, 0.05) is 5.56 Å². The highest BCUT2D eigenvalue weighted by molar-refractivity contribution is 8.00. The first-order chi connectivity index (χ1) is 15.5. The van der Waals surface area contributed by atoms with E-state index in [2.05, 4.69) is 15.5 Å². The lowest BCUT2D eigenvalue weighted by molar-refractivity contribution is -0.121. The van der Waals surface area contributed by atoms with Gasteiger partial charge in [-0.25, -0.2) is 0 Å². The monoisotopic (exact) mass is 450 g/mol. The number of thioether (sulfide) groups is 1. The van der Waals surface area contributed by atoms with Crippen molar-refractivity contribution in [3.8, 4) is 11.4 Å². The highest BCUT2D eigenvalue weighted by Gasteiger charge is 2.27. The molecule has 32 heavy (non-hydrogen) atoms. The summed E-state index contributed by atoms with van der Waals surface area (Å²) < 4.78 is 12.9. The van der Waals surface area contributed by atoms with Gasteiger partial charge in [0.15, 0.2) is 11.0 Å². The van der Waals surface area contributed by atoms with Crippen molar-refractivity contribution in [1.82, 2.24) is 20.1 Å². The molecule has 0 aliphatic rings. The van der Waals surface area contributed by atoms with Gasteiger partial charge < -0.3 is 14.2 Å². The SMILES string of the molecule is Cc1ccccc1-c1nnc(SC(C(=O)NCc2ccco2)C(C)C)n1Cc1ccco1. The van der Waals surface area contributed by atoms with Gasteiger partial charge in [0.1, 0.15) is 11.5 Å². The van der Waals surface area contributed by atoms with Crippen molar-refractivity contribution in [2.24, 2.45) is 5.92 Å². The van der Waals surface area contributed by atoms with E-state index in [9.17, 15) is 4.79 Å². The number of carbonyl (C=O) groups is 1. The van der Waals surface area contributed by atoms with E-state index in [1.165, 1.54) is 11.8 Å². The summed E-state index contributed by atoms with van der Waals surface area (Å²) in [4.78, 5) is 13.0. The van der Waals surface area contributed by atoms with Crippen LogP contribution >= 0.6 is 11.8 Å². The van der Waals surface area contributed by atoms with Crippen LogP contribution in [-0.4, -0.2) is 25.9 Å². The second kappa shape index (κ2) is 9.91. The summed E-state index contributed by atoms with van der Waals surface area (Å²) in [5.74, 6) is 2.29. The Hall–Kier alpha value is -3.26. The highest BCUT2D eigenvalue weighted by Crippen LogP contribution is 2.32. The van der Waals surface area contributed by atoms with E-state index in [-0.39, 0.29) is 17.1 Å². The molecule has 0 saturated carbocycles.